The van der Waals surface area contributed by atoms with Crippen molar-refractivity contribution in [1.82, 2.24) is 34.3 Å². The number of hydrogen-bond donors (Lipinski definition) is 0. The van der Waals surface area contributed by atoms with E-state index in [1.807, 2.05) is 23.7 Å². The van der Waals surface area contributed by atoms with Gasteiger partial charge < -0.3 is 9.80 Å². The molecule has 5 rings (SSSR count). The predicted octanol–water partition coefficient (Wildman–Crippen LogP) is 1.39. The highest BCUT2D eigenvalue weighted by Gasteiger charge is 2.33. The molecular weight excluding hydrogens is 394 g/mol. The smallest absolute Gasteiger partial charge is 0.262 e. The van der Waals surface area contributed by atoms with Crippen LogP contribution >= 0.6 is 0 Å². The van der Waals surface area contributed by atoms with Crippen molar-refractivity contribution in [3.8, 4) is 0 Å². The number of likely N-dealkylation sites (N-methyl/N-ethyl adjacent to an activating group) is 1. The fourth-order valence-electron chi connectivity index (χ4n) is 3.89. The molecule has 1 saturated heterocycles. The lowest BCUT2D eigenvalue weighted by Crippen LogP contribution is -2.60. The van der Waals surface area contributed by atoms with Crippen LogP contribution in [0.25, 0.3) is 16.6 Å². The second-order valence-corrected chi connectivity index (χ2v) is 9.07. The van der Waals surface area contributed by atoms with E-state index in [1.165, 1.54) is 0 Å². The van der Waals surface area contributed by atoms with Crippen LogP contribution in [-0.4, -0.2) is 60.5 Å². The first kappa shape index (κ1) is 19.4. The van der Waals surface area contributed by atoms with Crippen molar-refractivity contribution in [2.75, 3.05) is 29.9 Å². The molecule has 0 aromatic carbocycles. The summed E-state index contributed by atoms with van der Waals surface area (Å²) in [6.07, 6.45) is 3.25. The average molecular weight is 419 g/mol. The number of fused-ring (bicyclic) bond motifs is 2. The Morgan fingerprint density at radius 2 is 1.90 bits per heavy atom. The number of aromatic nitrogens is 7. The van der Waals surface area contributed by atoms with E-state index in [2.05, 4.69) is 50.7 Å². The van der Waals surface area contributed by atoms with Crippen molar-refractivity contribution in [3.05, 3.63) is 46.8 Å². The SMILES string of the molecule is CN(c1nc2cnccc2c(=O)n1C)C1CN(c2ccc3nnc(C(C)(C)C)n3n2)C1. The number of rotatable bonds is 3. The van der Waals surface area contributed by atoms with Gasteiger partial charge in [0.15, 0.2) is 11.5 Å². The minimum atomic E-state index is -0.149. The lowest BCUT2D eigenvalue weighted by molar-refractivity contribution is 0.476. The highest BCUT2D eigenvalue weighted by Crippen LogP contribution is 2.26. The number of nitrogens with zero attached hydrogens (tertiary/aromatic N) is 9. The Hall–Kier alpha value is -3.56. The summed E-state index contributed by atoms with van der Waals surface area (Å²) in [6, 6.07) is 5.84. The molecule has 1 fully saturated rings. The Balaban J connectivity index is 1.39. The van der Waals surface area contributed by atoms with Crippen molar-refractivity contribution in [1.29, 1.82) is 0 Å². The number of hydrogen-bond acceptors (Lipinski definition) is 8. The van der Waals surface area contributed by atoms with E-state index in [-0.39, 0.29) is 17.0 Å². The highest BCUT2D eigenvalue weighted by atomic mass is 16.1. The molecule has 4 aromatic heterocycles. The molecule has 160 valence electrons. The third-order valence-electron chi connectivity index (χ3n) is 5.82. The van der Waals surface area contributed by atoms with Gasteiger partial charge in [0.25, 0.3) is 5.56 Å². The van der Waals surface area contributed by atoms with E-state index in [9.17, 15) is 4.79 Å². The summed E-state index contributed by atoms with van der Waals surface area (Å²) in [6.45, 7) is 7.86. The van der Waals surface area contributed by atoms with Gasteiger partial charge in [0.2, 0.25) is 5.95 Å². The fraction of sp³-hybridized carbons (Fsp3) is 0.429. The third kappa shape index (κ3) is 3.09. The van der Waals surface area contributed by atoms with Crippen LogP contribution in [0.3, 0.4) is 0 Å². The normalized spacial score (nSPS) is 14.9. The standard InChI is InChI=1S/C21H25N9O/c1-21(2,3)19-25-24-16-6-7-17(26-30(16)19)29-11-13(12-29)27(4)20-23-15-10-22-9-8-14(15)18(31)28(20)5/h6-10,13H,11-12H2,1-5H3. The second kappa shape index (κ2) is 6.73. The quantitative estimate of drug-likeness (QED) is 0.491. The van der Waals surface area contributed by atoms with Crippen molar-refractivity contribution in [2.24, 2.45) is 7.05 Å². The maximum absolute atomic E-state index is 12.7. The molecule has 0 N–H and O–H groups in total. The number of pyridine rings is 1. The zero-order valence-electron chi connectivity index (χ0n) is 18.3. The van der Waals surface area contributed by atoms with Crippen molar-refractivity contribution >= 4 is 28.3 Å². The summed E-state index contributed by atoms with van der Waals surface area (Å²) in [4.78, 5) is 25.8. The first-order valence-electron chi connectivity index (χ1n) is 10.3. The third-order valence-corrected chi connectivity index (χ3v) is 5.82. The maximum Gasteiger partial charge on any atom is 0.262 e. The summed E-state index contributed by atoms with van der Waals surface area (Å²) in [5.41, 5.74) is 1.13. The molecule has 0 atom stereocenters. The van der Waals surface area contributed by atoms with Gasteiger partial charge in [-0.3, -0.25) is 14.3 Å². The Bertz CT molecular complexity index is 1340. The van der Waals surface area contributed by atoms with E-state index in [4.69, 9.17) is 5.10 Å². The van der Waals surface area contributed by atoms with Gasteiger partial charge in [-0.15, -0.1) is 15.3 Å². The van der Waals surface area contributed by atoms with Crippen LogP contribution in [0.15, 0.2) is 35.4 Å². The molecule has 4 aromatic rings. The van der Waals surface area contributed by atoms with Gasteiger partial charge in [-0.2, -0.15) is 4.52 Å². The molecule has 5 heterocycles. The Kier molecular flexibility index (Phi) is 4.21. The van der Waals surface area contributed by atoms with Gasteiger partial charge in [-0.1, -0.05) is 20.8 Å². The molecule has 1 aliphatic rings. The minimum Gasteiger partial charge on any atom is -0.351 e. The van der Waals surface area contributed by atoms with Crippen LogP contribution in [0, 0.1) is 0 Å². The molecule has 10 heteroatoms. The minimum absolute atomic E-state index is 0.0696. The van der Waals surface area contributed by atoms with Gasteiger partial charge >= 0.3 is 0 Å². The van der Waals surface area contributed by atoms with Crippen molar-refractivity contribution in [2.45, 2.75) is 32.2 Å². The summed E-state index contributed by atoms with van der Waals surface area (Å²) in [5, 5.41) is 13.9. The predicted molar refractivity (Wildman–Crippen MR) is 119 cm³/mol. The average Bonchev–Trinajstić information content (AvgIpc) is 3.13. The van der Waals surface area contributed by atoms with Crippen LogP contribution in [0.2, 0.25) is 0 Å². The van der Waals surface area contributed by atoms with Gasteiger partial charge in [0.1, 0.15) is 5.82 Å². The lowest BCUT2D eigenvalue weighted by Gasteiger charge is -2.45. The molecule has 0 amide bonds. The maximum atomic E-state index is 12.7. The molecule has 0 radical (unpaired) electrons. The van der Waals surface area contributed by atoms with E-state index < -0.39 is 0 Å². The monoisotopic (exact) mass is 419 g/mol. The van der Waals surface area contributed by atoms with Gasteiger partial charge in [0.05, 0.1) is 23.1 Å². The van der Waals surface area contributed by atoms with E-state index in [1.54, 1.807) is 30.1 Å². The first-order chi connectivity index (χ1) is 14.7. The van der Waals surface area contributed by atoms with Crippen LogP contribution < -0.4 is 15.4 Å². The fourth-order valence-corrected chi connectivity index (χ4v) is 3.89. The highest BCUT2D eigenvalue weighted by molar-refractivity contribution is 5.77. The molecule has 0 unspecified atom stereocenters. The van der Waals surface area contributed by atoms with Crippen molar-refractivity contribution in [3.63, 3.8) is 0 Å². The van der Waals surface area contributed by atoms with Crippen LogP contribution in [0.1, 0.15) is 26.6 Å². The zero-order valence-corrected chi connectivity index (χ0v) is 18.3. The Morgan fingerprint density at radius 1 is 1.13 bits per heavy atom. The molecule has 31 heavy (non-hydrogen) atoms. The summed E-state index contributed by atoms with van der Waals surface area (Å²) >= 11 is 0. The van der Waals surface area contributed by atoms with Crippen molar-refractivity contribution < 1.29 is 0 Å². The molecule has 0 bridgehead atoms. The van der Waals surface area contributed by atoms with E-state index in [0.717, 1.165) is 30.4 Å². The van der Waals surface area contributed by atoms with Gasteiger partial charge in [0, 0.05) is 38.8 Å². The molecule has 10 nitrogen and oxygen atoms in total. The van der Waals surface area contributed by atoms with E-state index >= 15 is 0 Å². The lowest BCUT2D eigenvalue weighted by atomic mass is 9.96. The molecule has 0 spiro atoms. The molecule has 0 saturated carbocycles. The molecule has 0 aliphatic carbocycles. The Morgan fingerprint density at radius 3 is 2.65 bits per heavy atom. The van der Waals surface area contributed by atoms with Gasteiger partial charge in [-0.25, -0.2) is 4.98 Å². The molecular formula is C21H25N9O. The van der Waals surface area contributed by atoms with E-state index in [0.29, 0.717) is 16.9 Å². The summed E-state index contributed by atoms with van der Waals surface area (Å²) in [5.74, 6) is 2.35. The van der Waals surface area contributed by atoms with Crippen LogP contribution in [-0.2, 0) is 12.5 Å². The largest absolute Gasteiger partial charge is 0.351 e. The first-order valence-corrected chi connectivity index (χ1v) is 10.3. The topological polar surface area (TPSA) is 97.3 Å². The zero-order chi connectivity index (χ0) is 21.9. The van der Waals surface area contributed by atoms with Crippen LogP contribution in [0.5, 0.6) is 0 Å². The second-order valence-electron chi connectivity index (χ2n) is 9.07. The summed E-state index contributed by atoms with van der Waals surface area (Å²) in [7, 11) is 3.73. The molecule has 1 aliphatic heterocycles. The van der Waals surface area contributed by atoms with Crippen LogP contribution in [0.4, 0.5) is 11.8 Å². The number of anilines is 2. The van der Waals surface area contributed by atoms with Gasteiger partial charge in [-0.05, 0) is 18.2 Å². The summed E-state index contributed by atoms with van der Waals surface area (Å²) < 4.78 is 3.43. The Labute approximate surface area is 179 Å².